The van der Waals surface area contributed by atoms with Crippen molar-refractivity contribution in [1.82, 2.24) is 0 Å². The van der Waals surface area contributed by atoms with Gasteiger partial charge < -0.3 is 13.3 Å². The van der Waals surface area contributed by atoms with Crippen LogP contribution in [0.2, 0.25) is 58.9 Å². The summed E-state index contributed by atoms with van der Waals surface area (Å²) in [5, 5.41) is 0. The van der Waals surface area contributed by atoms with Gasteiger partial charge in [-0.05, 0) is 71.4 Å². The van der Waals surface area contributed by atoms with Gasteiger partial charge in [0, 0.05) is 12.2 Å². The monoisotopic (exact) mass is 360 g/mol. The third-order valence-corrected chi connectivity index (χ3v) is 4.35. The van der Waals surface area contributed by atoms with Gasteiger partial charge in [-0.1, -0.05) is 0 Å². The summed E-state index contributed by atoms with van der Waals surface area (Å²) in [4.78, 5) is 11.9. The molecule has 0 radical (unpaired) electrons. The van der Waals surface area contributed by atoms with Crippen molar-refractivity contribution in [3.8, 4) is 0 Å². The minimum Gasteiger partial charge on any atom is -0.521 e. The van der Waals surface area contributed by atoms with Gasteiger partial charge in [0.25, 0.3) is 5.95 Å². The first kappa shape index (κ1) is 21.2. The van der Waals surface area contributed by atoms with Gasteiger partial charge in [-0.15, -0.1) is 0 Å². The average Bonchev–Trinajstić information content (AvgIpc) is 2.05. The molecule has 0 unspecified atom stereocenters. The molecule has 0 aliphatic carbocycles. The molecule has 0 saturated heterocycles. The zero-order chi connectivity index (χ0) is 17.8. The number of carbonyl (C=O) groups is 1. The lowest BCUT2D eigenvalue weighted by Gasteiger charge is -2.27. The van der Waals surface area contributed by atoms with Crippen LogP contribution in [0.1, 0.15) is 6.92 Å². The van der Waals surface area contributed by atoms with Gasteiger partial charge in [0.1, 0.15) is 0 Å². The second kappa shape index (κ2) is 7.65. The quantitative estimate of drug-likeness (QED) is 0.281. The van der Waals surface area contributed by atoms with Crippen molar-refractivity contribution in [1.29, 1.82) is 0 Å². The predicted molar refractivity (Wildman–Crippen MR) is 100 cm³/mol. The van der Waals surface area contributed by atoms with Crippen LogP contribution in [0.3, 0.4) is 0 Å². The van der Waals surface area contributed by atoms with Crippen molar-refractivity contribution in [2.24, 2.45) is 0 Å². The van der Waals surface area contributed by atoms with E-state index in [0.717, 1.165) is 5.57 Å². The van der Waals surface area contributed by atoms with Crippen molar-refractivity contribution in [3.05, 3.63) is 23.7 Å². The van der Waals surface area contributed by atoms with E-state index in [2.05, 4.69) is 39.3 Å². The summed E-state index contributed by atoms with van der Waals surface area (Å²) in [5.74, 6) is 0.223. The Morgan fingerprint density at radius 2 is 1.05 bits per heavy atom. The second-order valence-electron chi connectivity index (χ2n) is 8.31. The lowest BCUT2D eigenvalue weighted by Crippen LogP contribution is -2.31. The normalized spacial score (nSPS) is 13.5. The van der Waals surface area contributed by atoms with E-state index in [9.17, 15) is 4.79 Å². The number of hydrogen-bond acceptors (Lipinski definition) is 4. The molecular weight excluding hydrogens is 328 g/mol. The molecule has 0 spiro atoms. The molecule has 0 atom stereocenters. The standard InChI is InChI=1S/C15H32O4Si3/c1-13(11-14(16)17-20(2,3)4)12-15(18-21(5,6)7)19-22(8,9)10/h11-12H,1-10H3/b13-11+. The Kier molecular flexibility index (Phi) is 7.37. The molecular formula is C15H32O4Si3. The molecule has 7 heteroatoms. The van der Waals surface area contributed by atoms with Gasteiger partial charge in [-0.2, -0.15) is 0 Å². The number of rotatable bonds is 7. The highest BCUT2D eigenvalue weighted by atomic mass is 28.4. The maximum absolute atomic E-state index is 11.9. The Morgan fingerprint density at radius 1 is 0.682 bits per heavy atom. The van der Waals surface area contributed by atoms with Gasteiger partial charge in [0.05, 0.1) is 0 Å². The molecule has 0 amide bonds. The van der Waals surface area contributed by atoms with Crippen LogP contribution in [0.5, 0.6) is 0 Å². The molecule has 0 rings (SSSR count). The van der Waals surface area contributed by atoms with Crippen molar-refractivity contribution in [2.75, 3.05) is 0 Å². The van der Waals surface area contributed by atoms with Crippen molar-refractivity contribution in [3.63, 3.8) is 0 Å². The van der Waals surface area contributed by atoms with Crippen LogP contribution >= 0.6 is 0 Å². The minimum absolute atomic E-state index is 0.298. The van der Waals surface area contributed by atoms with E-state index in [-0.39, 0.29) is 5.97 Å². The van der Waals surface area contributed by atoms with Crippen LogP contribution in [0.4, 0.5) is 0 Å². The number of allylic oxidation sites excluding steroid dienone is 2. The summed E-state index contributed by atoms with van der Waals surface area (Å²) in [6, 6.07) is 0. The molecule has 0 aliphatic heterocycles. The Morgan fingerprint density at radius 3 is 1.36 bits per heavy atom. The summed E-state index contributed by atoms with van der Waals surface area (Å²) in [6.45, 7) is 20.4. The summed E-state index contributed by atoms with van der Waals surface area (Å²) in [5.41, 5.74) is 0.773. The van der Waals surface area contributed by atoms with Gasteiger partial charge in [0.15, 0.2) is 0 Å². The Hall–Kier alpha value is -0.799. The van der Waals surface area contributed by atoms with Crippen LogP contribution in [-0.2, 0) is 18.1 Å². The summed E-state index contributed by atoms with van der Waals surface area (Å²) < 4.78 is 17.4. The number of carbonyl (C=O) groups excluding carboxylic acids is 1. The highest BCUT2D eigenvalue weighted by Gasteiger charge is 2.24. The molecule has 0 aromatic heterocycles. The minimum atomic E-state index is -1.87. The summed E-state index contributed by atoms with van der Waals surface area (Å²) in [7, 11) is -5.41. The predicted octanol–water partition coefficient (Wildman–Crippen LogP) is 4.86. The van der Waals surface area contributed by atoms with Gasteiger partial charge in [-0.25, -0.2) is 4.79 Å². The zero-order valence-electron chi connectivity index (χ0n) is 15.8. The lowest BCUT2D eigenvalue weighted by atomic mass is 10.3. The maximum atomic E-state index is 11.9. The van der Waals surface area contributed by atoms with Gasteiger partial charge in [0.2, 0.25) is 25.0 Å². The SMILES string of the molecule is C/C(C=C(O[Si](C)(C)C)O[Si](C)(C)C)=C\C(=O)O[Si](C)(C)C. The van der Waals surface area contributed by atoms with E-state index in [1.807, 2.05) is 26.6 Å². The topological polar surface area (TPSA) is 44.8 Å². The third-order valence-electron chi connectivity index (χ3n) is 1.91. The van der Waals surface area contributed by atoms with Gasteiger partial charge >= 0.3 is 5.97 Å². The molecule has 4 nitrogen and oxygen atoms in total. The van der Waals surface area contributed by atoms with E-state index >= 15 is 0 Å². The maximum Gasteiger partial charge on any atom is 0.317 e. The van der Waals surface area contributed by atoms with E-state index in [4.69, 9.17) is 13.3 Å². The van der Waals surface area contributed by atoms with Crippen LogP contribution in [0, 0.1) is 0 Å². The van der Waals surface area contributed by atoms with Crippen LogP contribution in [0.25, 0.3) is 0 Å². The average molecular weight is 361 g/mol. The summed E-state index contributed by atoms with van der Waals surface area (Å²) >= 11 is 0. The number of hydrogen-bond donors (Lipinski definition) is 0. The second-order valence-corrected chi connectivity index (χ2v) is 21.6. The fourth-order valence-electron chi connectivity index (χ4n) is 1.43. The molecule has 0 heterocycles. The largest absolute Gasteiger partial charge is 0.521 e. The molecule has 0 aliphatic rings. The zero-order valence-corrected chi connectivity index (χ0v) is 18.8. The fraction of sp³-hybridized carbons (Fsp3) is 0.667. The van der Waals surface area contributed by atoms with Crippen LogP contribution in [0.15, 0.2) is 23.7 Å². The van der Waals surface area contributed by atoms with Gasteiger partial charge in [-0.3, -0.25) is 0 Å². The first-order valence-corrected chi connectivity index (χ1v) is 17.8. The van der Waals surface area contributed by atoms with E-state index in [1.165, 1.54) is 6.08 Å². The molecule has 0 aromatic rings. The molecule has 0 bridgehead atoms. The fourth-order valence-corrected chi connectivity index (χ4v) is 3.58. The van der Waals surface area contributed by atoms with Crippen LogP contribution in [-0.4, -0.2) is 30.9 Å². The van der Waals surface area contributed by atoms with E-state index < -0.39 is 25.0 Å². The van der Waals surface area contributed by atoms with Crippen molar-refractivity contribution in [2.45, 2.75) is 65.8 Å². The lowest BCUT2D eigenvalue weighted by molar-refractivity contribution is -0.129. The molecule has 128 valence electrons. The highest BCUT2D eigenvalue weighted by Crippen LogP contribution is 2.19. The molecule has 0 fully saturated rings. The Labute approximate surface area is 138 Å². The van der Waals surface area contributed by atoms with Crippen molar-refractivity contribution < 1.29 is 18.1 Å². The van der Waals surface area contributed by atoms with E-state index in [1.54, 1.807) is 6.08 Å². The molecule has 22 heavy (non-hydrogen) atoms. The Bertz CT molecular complexity index is 431. The first-order chi connectivity index (χ1) is 9.57. The molecule has 0 aromatic carbocycles. The molecule has 0 N–H and O–H groups in total. The Balaban J connectivity index is 5.19. The summed E-state index contributed by atoms with van der Waals surface area (Å²) in [6.07, 6.45) is 3.29. The first-order valence-electron chi connectivity index (χ1n) is 7.58. The van der Waals surface area contributed by atoms with E-state index in [0.29, 0.717) is 5.95 Å². The smallest absolute Gasteiger partial charge is 0.317 e. The third kappa shape index (κ3) is 12.9. The van der Waals surface area contributed by atoms with Crippen molar-refractivity contribution >= 4 is 30.9 Å². The molecule has 0 saturated carbocycles. The van der Waals surface area contributed by atoms with Crippen LogP contribution < -0.4 is 0 Å². The highest BCUT2D eigenvalue weighted by molar-refractivity contribution is 6.71.